The van der Waals surface area contributed by atoms with E-state index in [0.717, 1.165) is 18.5 Å². The molecule has 0 spiro atoms. The molecule has 2 rings (SSSR count). The van der Waals surface area contributed by atoms with Crippen LogP contribution in [-0.2, 0) is 0 Å². The summed E-state index contributed by atoms with van der Waals surface area (Å²) in [7, 11) is 0. The number of nitrogens with zero attached hydrogens (tertiary/aromatic N) is 2. The van der Waals surface area contributed by atoms with Gasteiger partial charge in [0.15, 0.2) is 0 Å². The van der Waals surface area contributed by atoms with Crippen LogP contribution >= 0.6 is 11.6 Å². The lowest BCUT2D eigenvalue weighted by Gasteiger charge is -2.28. The van der Waals surface area contributed by atoms with Gasteiger partial charge in [-0.2, -0.15) is 4.98 Å². The SMILES string of the molecule is Cc1cc(OC(C)C)nc(NC2(CCl)CCCC2)n1. The lowest BCUT2D eigenvalue weighted by atomic mass is 10.0. The standard InChI is InChI=1S/C14H22ClN3O/c1-10(2)19-12-8-11(3)16-13(17-12)18-14(9-15)6-4-5-7-14/h8,10H,4-7,9H2,1-3H3,(H,16,17,18). The minimum atomic E-state index is -0.0511. The predicted octanol–water partition coefficient (Wildman–Crippen LogP) is 3.54. The molecule has 1 heterocycles. The molecule has 1 fully saturated rings. The minimum Gasteiger partial charge on any atom is -0.475 e. The summed E-state index contributed by atoms with van der Waals surface area (Å²) in [6.45, 7) is 5.92. The van der Waals surface area contributed by atoms with E-state index >= 15 is 0 Å². The van der Waals surface area contributed by atoms with E-state index in [4.69, 9.17) is 16.3 Å². The summed E-state index contributed by atoms with van der Waals surface area (Å²) in [6.07, 6.45) is 4.68. The highest BCUT2D eigenvalue weighted by atomic mass is 35.5. The number of aromatic nitrogens is 2. The largest absolute Gasteiger partial charge is 0.475 e. The molecule has 5 heteroatoms. The predicted molar refractivity (Wildman–Crippen MR) is 78.1 cm³/mol. The molecule has 0 radical (unpaired) electrons. The number of aryl methyl sites for hydroxylation is 1. The topological polar surface area (TPSA) is 47.0 Å². The second kappa shape index (κ2) is 5.95. The third kappa shape index (κ3) is 3.72. The average molecular weight is 284 g/mol. The summed E-state index contributed by atoms with van der Waals surface area (Å²) in [4.78, 5) is 8.86. The van der Waals surface area contributed by atoms with E-state index in [2.05, 4.69) is 15.3 Å². The highest BCUT2D eigenvalue weighted by Crippen LogP contribution is 2.33. The zero-order valence-corrected chi connectivity index (χ0v) is 12.6. The van der Waals surface area contributed by atoms with Crippen LogP contribution in [0.25, 0.3) is 0 Å². The van der Waals surface area contributed by atoms with Crippen molar-refractivity contribution >= 4 is 17.5 Å². The van der Waals surface area contributed by atoms with E-state index < -0.39 is 0 Å². The third-order valence-electron chi connectivity index (χ3n) is 3.38. The Hall–Kier alpha value is -1.03. The number of nitrogens with one attached hydrogen (secondary N) is 1. The summed E-state index contributed by atoms with van der Waals surface area (Å²) in [6, 6.07) is 1.85. The van der Waals surface area contributed by atoms with Gasteiger partial charge in [-0.1, -0.05) is 12.8 Å². The quantitative estimate of drug-likeness (QED) is 0.840. The van der Waals surface area contributed by atoms with Crippen molar-refractivity contribution in [1.82, 2.24) is 9.97 Å². The lowest BCUT2D eigenvalue weighted by molar-refractivity contribution is 0.232. The molecule has 1 aliphatic carbocycles. The van der Waals surface area contributed by atoms with E-state index in [1.807, 2.05) is 26.8 Å². The Morgan fingerprint density at radius 3 is 2.63 bits per heavy atom. The van der Waals surface area contributed by atoms with Crippen molar-refractivity contribution in [2.45, 2.75) is 58.1 Å². The van der Waals surface area contributed by atoms with Crippen molar-refractivity contribution in [3.8, 4) is 5.88 Å². The fourth-order valence-corrected chi connectivity index (χ4v) is 2.81. The van der Waals surface area contributed by atoms with Crippen molar-refractivity contribution < 1.29 is 4.74 Å². The molecule has 0 bridgehead atoms. The lowest BCUT2D eigenvalue weighted by Crippen LogP contribution is -2.37. The first-order chi connectivity index (χ1) is 9.03. The van der Waals surface area contributed by atoms with Gasteiger partial charge in [0.2, 0.25) is 11.8 Å². The zero-order chi connectivity index (χ0) is 13.9. The summed E-state index contributed by atoms with van der Waals surface area (Å²) in [5, 5.41) is 3.42. The summed E-state index contributed by atoms with van der Waals surface area (Å²) in [5.41, 5.74) is 0.848. The van der Waals surface area contributed by atoms with Gasteiger partial charge in [0, 0.05) is 17.6 Å². The van der Waals surface area contributed by atoms with Gasteiger partial charge in [-0.05, 0) is 33.6 Å². The van der Waals surface area contributed by atoms with Crippen LogP contribution in [0.15, 0.2) is 6.07 Å². The van der Waals surface area contributed by atoms with Crippen molar-refractivity contribution in [3.05, 3.63) is 11.8 Å². The molecule has 1 aromatic rings. The molecule has 0 saturated heterocycles. The molecule has 4 nitrogen and oxygen atoms in total. The van der Waals surface area contributed by atoms with E-state index in [-0.39, 0.29) is 11.6 Å². The Labute approximate surface area is 119 Å². The van der Waals surface area contributed by atoms with Gasteiger partial charge in [0.1, 0.15) is 0 Å². The Morgan fingerprint density at radius 1 is 1.37 bits per heavy atom. The van der Waals surface area contributed by atoms with Crippen molar-refractivity contribution in [2.75, 3.05) is 11.2 Å². The van der Waals surface area contributed by atoms with Gasteiger partial charge in [-0.15, -0.1) is 11.6 Å². The Morgan fingerprint density at radius 2 is 2.05 bits per heavy atom. The molecule has 19 heavy (non-hydrogen) atoms. The molecule has 1 saturated carbocycles. The number of halogens is 1. The van der Waals surface area contributed by atoms with Gasteiger partial charge < -0.3 is 10.1 Å². The first-order valence-electron chi connectivity index (χ1n) is 6.89. The molecule has 0 atom stereocenters. The summed E-state index contributed by atoms with van der Waals surface area (Å²) >= 11 is 6.13. The number of anilines is 1. The van der Waals surface area contributed by atoms with Crippen LogP contribution in [0.2, 0.25) is 0 Å². The maximum Gasteiger partial charge on any atom is 0.226 e. The maximum absolute atomic E-state index is 6.13. The molecular formula is C14H22ClN3O. The Bertz CT molecular complexity index is 431. The van der Waals surface area contributed by atoms with Crippen LogP contribution in [0.4, 0.5) is 5.95 Å². The molecule has 1 N–H and O–H groups in total. The smallest absolute Gasteiger partial charge is 0.226 e. The molecule has 0 unspecified atom stereocenters. The van der Waals surface area contributed by atoms with Crippen LogP contribution in [0.5, 0.6) is 5.88 Å². The Balaban J connectivity index is 2.17. The summed E-state index contributed by atoms with van der Waals surface area (Å²) < 4.78 is 5.64. The average Bonchev–Trinajstić information content (AvgIpc) is 2.76. The second-order valence-corrected chi connectivity index (χ2v) is 5.85. The van der Waals surface area contributed by atoms with Gasteiger partial charge in [-0.25, -0.2) is 4.98 Å². The van der Waals surface area contributed by atoms with E-state index in [1.165, 1.54) is 12.8 Å². The zero-order valence-electron chi connectivity index (χ0n) is 11.9. The van der Waals surface area contributed by atoms with Crippen LogP contribution in [0.3, 0.4) is 0 Å². The highest BCUT2D eigenvalue weighted by molar-refractivity contribution is 6.18. The van der Waals surface area contributed by atoms with Crippen LogP contribution < -0.4 is 10.1 Å². The van der Waals surface area contributed by atoms with Gasteiger partial charge in [0.25, 0.3) is 0 Å². The Kier molecular flexibility index (Phi) is 4.50. The molecular weight excluding hydrogens is 262 g/mol. The van der Waals surface area contributed by atoms with Crippen LogP contribution in [-0.4, -0.2) is 27.5 Å². The molecule has 1 aromatic heterocycles. The van der Waals surface area contributed by atoms with E-state index in [0.29, 0.717) is 17.7 Å². The second-order valence-electron chi connectivity index (χ2n) is 5.58. The van der Waals surface area contributed by atoms with Crippen LogP contribution in [0.1, 0.15) is 45.2 Å². The fraction of sp³-hybridized carbons (Fsp3) is 0.714. The van der Waals surface area contributed by atoms with Crippen molar-refractivity contribution in [3.63, 3.8) is 0 Å². The molecule has 0 amide bonds. The van der Waals surface area contributed by atoms with Gasteiger partial charge in [-0.3, -0.25) is 0 Å². The highest BCUT2D eigenvalue weighted by Gasteiger charge is 2.33. The maximum atomic E-state index is 6.13. The number of hydrogen-bond donors (Lipinski definition) is 1. The molecule has 0 aromatic carbocycles. The summed E-state index contributed by atoms with van der Waals surface area (Å²) in [5.74, 6) is 1.83. The minimum absolute atomic E-state index is 0.0511. The number of alkyl halides is 1. The number of ether oxygens (including phenoxy) is 1. The normalized spacial score (nSPS) is 17.7. The first-order valence-corrected chi connectivity index (χ1v) is 7.43. The number of rotatable bonds is 5. The van der Waals surface area contributed by atoms with Gasteiger partial charge >= 0.3 is 0 Å². The van der Waals surface area contributed by atoms with E-state index in [1.54, 1.807) is 0 Å². The fourth-order valence-electron chi connectivity index (χ4n) is 2.48. The molecule has 1 aliphatic rings. The van der Waals surface area contributed by atoms with Crippen molar-refractivity contribution in [2.24, 2.45) is 0 Å². The number of hydrogen-bond acceptors (Lipinski definition) is 4. The van der Waals surface area contributed by atoms with Crippen molar-refractivity contribution in [1.29, 1.82) is 0 Å². The van der Waals surface area contributed by atoms with E-state index in [9.17, 15) is 0 Å². The molecule has 0 aliphatic heterocycles. The molecule has 106 valence electrons. The van der Waals surface area contributed by atoms with Crippen LogP contribution in [0, 0.1) is 6.92 Å². The monoisotopic (exact) mass is 283 g/mol. The third-order valence-corrected chi connectivity index (χ3v) is 3.89. The first kappa shape index (κ1) is 14.4. The van der Waals surface area contributed by atoms with Gasteiger partial charge in [0.05, 0.1) is 11.6 Å².